The van der Waals surface area contributed by atoms with Crippen molar-refractivity contribution in [3.63, 3.8) is 0 Å². The third kappa shape index (κ3) is 3.22. The van der Waals surface area contributed by atoms with Crippen LogP contribution in [0.5, 0.6) is 0 Å². The number of halogens is 1. The number of esters is 1. The van der Waals surface area contributed by atoms with Crippen molar-refractivity contribution in [3.8, 4) is 11.1 Å². The van der Waals surface area contributed by atoms with Crippen LogP contribution in [-0.2, 0) is 9.53 Å². The van der Waals surface area contributed by atoms with Crippen LogP contribution in [0, 0.1) is 0 Å². The number of aromatic nitrogens is 2. The molecule has 4 rings (SSSR count). The average molecular weight is 380 g/mol. The van der Waals surface area contributed by atoms with Gasteiger partial charge in [-0.2, -0.15) is 5.10 Å². The highest BCUT2D eigenvalue weighted by molar-refractivity contribution is 6.30. The molecule has 2 heterocycles. The van der Waals surface area contributed by atoms with Crippen LogP contribution >= 0.6 is 11.6 Å². The molecule has 0 aliphatic carbocycles. The van der Waals surface area contributed by atoms with Gasteiger partial charge in [-0.05, 0) is 30.2 Å². The van der Waals surface area contributed by atoms with E-state index >= 15 is 0 Å². The van der Waals surface area contributed by atoms with Crippen LogP contribution in [0.4, 0.5) is 5.82 Å². The van der Waals surface area contributed by atoms with E-state index in [9.17, 15) is 4.79 Å². The van der Waals surface area contributed by atoms with Gasteiger partial charge in [-0.25, -0.2) is 9.48 Å². The molecular formula is C21H18ClN3O2. The summed E-state index contributed by atoms with van der Waals surface area (Å²) >= 11 is 6.01. The van der Waals surface area contributed by atoms with Crippen molar-refractivity contribution in [3.05, 3.63) is 83.2 Å². The summed E-state index contributed by atoms with van der Waals surface area (Å²) in [7, 11) is 0. The van der Waals surface area contributed by atoms with E-state index in [1.807, 2.05) is 59.3 Å². The van der Waals surface area contributed by atoms with Crippen molar-refractivity contribution in [2.75, 3.05) is 11.9 Å². The lowest BCUT2D eigenvalue weighted by atomic mass is 9.97. The Morgan fingerprint density at radius 2 is 1.93 bits per heavy atom. The molecule has 2 aromatic carbocycles. The van der Waals surface area contributed by atoms with Gasteiger partial charge in [0.1, 0.15) is 11.9 Å². The first kappa shape index (κ1) is 17.4. The number of nitrogens with one attached hydrogen (secondary N) is 1. The summed E-state index contributed by atoms with van der Waals surface area (Å²) in [5, 5.41) is 8.48. The summed E-state index contributed by atoms with van der Waals surface area (Å²) in [6, 6.07) is 17.0. The normalized spacial score (nSPS) is 15.5. The molecule has 0 radical (unpaired) electrons. The number of rotatable bonds is 4. The Balaban J connectivity index is 1.82. The number of anilines is 1. The molecule has 0 bridgehead atoms. The third-order valence-electron chi connectivity index (χ3n) is 4.48. The predicted octanol–water partition coefficient (Wildman–Crippen LogP) is 4.67. The Labute approximate surface area is 162 Å². The fourth-order valence-corrected chi connectivity index (χ4v) is 3.37. The number of carbonyl (C=O) groups excluding carboxylic acids is 1. The molecule has 0 saturated heterocycles. The predicted molar refractivity (Wildman–Crippen MR) is 106 cm³/mol. The highest BCUT2D eigenvalue weighted by atomic mass is 35.5. The second kappa shape index (κ2) is 7.29. The van der Waals surface area contributed by atoms with Gasteiger partial charge in [-0.3, -0.25) is 0 Å². The van der Waals surface area contributed by atoms with Crippen LogP contribution in [0.3, 0.4) is 0 Å². The number of fused-ring (bicyclic) bond motifs is 1. The van der Waals surface area contributed by atoms with E-state index in [2.05, 4.69) is 10.4 Å². The number of carbonyl (C=O) groups is 1. The van der Waals surface area contributed by atoms with E-state index in [0.717, 1.165) is 22.5 Å². The van der Waals surface area contributed by atoms with Gasteiger partial charge in [0, 0.05) is 16.8 Å². The number of nitrogens with zero attached hydrogens (tertiary/aromatic N) is 2. The Bertz CT molecular complexity index is 994. The smallest absolute Gasteiger partial charge is 0.338 e. The minimum atomic E-state index is -0.359. The quantitative estimate of drug-likeness (QED) is 0.669. The summed E-state index contributed by atoms with van der Waals surface area (Å²) < 4.78 is 7.07. The molecule has 0 unspecified atom stereocenters. The SMILES string of the molecule is CCOC(=O)C1=CNc2c(-c3ccc(Cl)cc3)cnn2[C@H]1c1ccccc1. The number of ether oxygens (including phenoxy) is 1. The molecule has 0 fully saturated rings. The van der Waals surface area contributed by atoms with Gasteiger partial charge in [0.2, 0.25) is 0 Å². The molecule has 27 heavy (non-hydrogen) atoms. The van der Waals surface area contributed by atoms with Crippen LogP contribution in [-0.4, -0.2) is 22.4 Å². The lowest BCUT2D eigenvalue weighted by molar-refractivity contribution is -0.139. The molecule has 1 aliphatic heterocycles. The summed E-state index contributed by atoms with van der Waals surface area (Å²) in [6.07, 6.45) is 3.51. The lowest BCUT2D eigenvalue weighted by Crippen LogP contribution is -2.27. The van der Waals surface area contributed by atoms with E-state index in [1.165, 1.54) is 0 Å². The zero-order valence-corrected chi connectivity index (χ0v) is 15.5. The molecule has 0 saturated carbocycles. The Hall–Kier alpha value is -3.05. The molecule has 1 atom stereocenters. The van der Waals surface area contributed by atoms with E-state index in [1.54, 1.807) is 19.3 Å². The molecule has 1 aromatic heterocycles. The van der Waals surface area contributed by atoms with Gasteiger partial charge >= 0.3 is 5.97 Å². The van der Waals surface area contributed by atoms with E-state index < -0.39 is 0 Å². The Morgan fingerprint density at radius 1 is 1.19 bits per heavy atom. The van der Waals surface area contributed by atoms with E-state index in [0.29, 0.717) is 17.2 Å². The van der Waals surface area contributed by atoms with Crippen molar-refractivity contribution in [1.29, 1.82) is 0 Å². The van der Waals surface area contributed by atoms with Gasteiger partial charge in [-0.15, -0.1) is 0 Å². The molecule has 5 nitrogen and oxygen atoms in total. The van der Waals surface area contributed by atoms with Gasteiger partial charge < -0.3 is 10.1 Å². The first-order valence-corrected chi connectivity index (χ1v) is 9.09. The van der Waals surface area contributed by atoms with Crippen molar-refractivity contribution in [2.24, 2.45) is 0 Å². The Morgan fingerprint density at radius 3 is 2.63 bits per heavy atom. The van der Waals surface area contributed by atoms with Gasteiger partial charge in [0.05, 0.1) is 18.4 Å². The van der Waals surface area contributed by atoms with Crippen molar-refractivity contribution in [1.82, 2.24) is 9.78 Å². The molecule has 1 aliphatic rings. The Kier molecular flexibility index (Phi) is 4.69. The maximum absolute atomic E-state index is 12.5. The topological polar surface area (TPSA) is 56.1 Å². The van der Waals surface area contributed by atoms with Gasteiger partial charge in [0.15, 0.2) is 0 Å². The summed E-state index contributed by atoms with van der Waals surface area (Å²) in [6.45, 7) is 2.11. The van der Waals surface area contributed by atoms with E-state index in [4.69, 9.17) is 16.3 Å². The zero-order valence-electron chi connectivity index (χ0n) is 14.7. The molecule has 0 spiro atoms. The second-order valence-electron chi connectivity index (χ2n) is 6.14. The maximum Gasteiger partial charge on any atom is 0.338 e. The van der Waals surface area contributed by atoms with Crippen LogP contribution in [0.2, 0.25) is 5.02 Å². The van der Waals surface area contributed by atoms with Crippen LogP contribution in [0.1, 0.15) is 18.5 Å². The van der Waals surface area contributed by atoms with Gasteiger partial charge in [-0.1, -0.05) is 54.1 Å². The summed E-state index contributed by atoms with van der Waals surface area (Å²) in [5.74, 6) is 0.465. The lowest BCUT2D eigenvalue weighted by Gasteiger charge is -2.27. The number of hydrogen-bond acceptors (Lipinski definition) is 4. The third-order valence-corrected chi connectivity index (χ3v) is 4.73. The highest BCUT2D eigenvalue weighted by Crippen LogP contribution is 2.38. The number of benzene rings is 2. The first-order chi connectivity index (χ1) is 13.2. The fourth-order valence-electron chi connectivity index (χ4n) is 3.24. The average Bonchev–Trinajstić information content (AvgIpc) is 3.13. The molecule has 0 amide bonds. The standard InChI is InChI=1S/C21H18ClN3O2/c1-2-27-21(26)18-12-23-20-17(14-8-10-16(22)11-9-14)13-24-25(20)19(18)15-6-4-3-5-7-15/h3-13,19,23H,2H2,1H3/t19-/m0/s1. The van der Waals surface area contributed by atoms with Gasteiger partial charge in [0.25, 0.3) is 0 Å². The highest BCUT2D eigenvalue weighted by Gasteiger charge is 2.32. The van der Waals surface area contributed by atoms with Crippen molar-refractivity contribution < 1.29 is 9.53 Å². The number of hydrogen-bond donors (Lipinski definition) is 1. The molecule has 6 heteroatoms. The molecule has 1 N–H and O–H groups in total. The summed E-state index contributed by atoms with van der Waals surface area (Å²) in [5.41, 5.74) is 3.41. The van der Waals surface area contributed by atoms with Crippen LogP contribution in [0.15, 0.2) is 72.6 Å². The second-order valence-corrected chi connectivity index (χ2v) is 6.57. The fraction of sp³-hybridized carbons (Fsp3) is 0.143. The molecule has 136 valence electrons. The monoisotopic (exact) mass is 379 g/mol. The van der Waals surface area contributed by atoms with Crippen LogP contribution < -0.4 is 5.32 Å². The first-order valence-electron chi connectivity index (χ1n) is 8.71. The van der Waals surface area contributed by atoms with Crippen molar-refractivity contribution in [2.45, 2.75) is 13.0 Å². The summed E-state index contributed by atoms with van der Waals surface area (Å²) in [4.78, 5) is 12.5. The zero-order chi connectivity index (χ0) is 18.8. The van der Waals surface area contributed by atoms with E-state index in [-0.39, 0.29) is 12.0 Å². The minimum absolute atomic E-state index is 0.319. The van der Waals surface area contributed by atoms with Crippen LogP contribution in [0.25, 0.3) is 11.1 Å². The largest absolute Gasteiger partial charge is 0.463 e. The molecule has 3 aromatic rings. The molecular weight excluding hydrogens is 362 g/mol. The maximum atomic E-state index is 12.5. The minimum Gasteiger partial charge on any atom is -0.463 e. The van der Waals surface area contributed by atoms with Crippen molar-refractivity contribution >= 4 is 23.4 Å².